The zero-order valence-corrected chi connectivity index (χ0v) is 18.5. The first kappa shape index (κ1) is 27.5. The van der Waals surface area contributed by atoms with Crippen molar-refractivity contribution in [3.8, 4) is 0 Å². The van der Waals surface area contributed by atoms with Crippen LogP contribution < -0.4 is 0 Å². The van der Waals surface area contributed by atoms with E-state index in [1.165, 1.54) is 44.9 Å². The zero-order valence-electron chi connectivity index (χ0n) is 17.6. The molecule has 166 valence electrons. The van der Waals surface area contributed by atoms with E-state index in [2.05, 4.69) is 23.6 Å². The van der Waals surface area contributed by atoms with E-state index in [4.69, 9.17) is 10.2 Å². The van der Waals surface area contributed by atoms with Gasteiger partial charge in [-0.2, -0.15) is 0 Å². The summed E-state index contributed by atoms with van der Waals surface area (Å²) in [7, 11) is -4.36. The summed E-state index contributed by atoms with van der Waals surface area (Å²) < 4.78 is 16.3. The van der Waals surface area contributed by atoms with E-state index in [1.54, 1.807) is 0 Å². The van der Waals surface area contributed by atoms with Crippen molar-refractivity contribution < 1.29 is 29.0 Å². The molecule has 0 fully saturated rings. The predicted octanol–water partition coefficient (Wildman–Crippen LogP) is 5.11. The van der Waals surface area contributed by atoms with Crippen LogP contribution in [0.2, 0.25) is 0 Å². The summed E-state index contributed by atoms with van der Waals surface area (Å²) in [6.45, 7) is 1.13. The predicted molar refractivity (Wildman–Crippen MR) is 113 cm³/mol. The van der Waals surface area contributed by atoms with E-state index >= 15 is 0 Å². The maximum Gasteiger partial charge on any atom is 0.394 e. The molecule has 0 aliphatic heterocycles. The molecule has 3 N–H and O–H groups in total. The second-order valence-electron chi connectivity index (χ2n) is 7.38. The Kier molecular flexibility index (Phi) is 18.2. The summed E-state index contributed by atoms with van der Waals surface area (Å²) in [6.07, 6.45) is 18.1. The first-order valence-corrected chi connectivity index (χ1v) is 12.5. The molecule has 0 heterocycles. The molecule has 28 heavy (non-hydrogen) atoms. The highest BCUT2D eigenvalue weighted by Gasteiger charge is 2.30. The van der Waals surface area contributed by atoms with Crippen molar-refractivity contribution >= 4 is 13.1 Å². The fourth-order valence-electron chi connectivity index (χ4n) is 2.80. The van der Waals surface area contributed by atoms with Crippen molar-refractivity contribution in [3.63, 3.8) is 0 Å². The van der Waals surface area contributed by atoms with Gasteiger partial charge in [-0.15, -0.1) is 0 Å². The molecule has 0 saturated carbocycles. The van der Waals surface area contributed by atoms with Crippen molar-refractivity contribution in [3.05, 3.63) is 12.2 Å². The minimum absolute atomic E-state index is 0.00115. The third-order valence-corrected chi connectivity index (χ3v) is 5.97. The minimum atomic E-state index is -4.36. The molecule has 0 saturated heterocycles. The molecule has 0 bridgehead atoms. The first-order chi connectivity index (χ1) is 13.4. The number of aliphatic hydroxyl groups excluding tert-OH is 2. The molecule has 0 aromatic heterocycles. The van der Waals surface area contributed by atoms with E-state index in [1.807, 2.05) is 0 Å². The Hall–Kier alpha value is -0.520. The van der Waals surface area contributed by atoms with Crippen LogP contribution >= 0.6 is 7.60 Å². The number of allylic oxidation sites excluding steroid dienone is 2. The maximum absolute atomic E-state index is 11.7. The molecule has 0 rings (SSSR count). The smallest absolute Gasteiger partial charge is 0.394 e. The van der Waals surface area contributed by atoms with Gasteiger partial charge in [-0.05, 0) is 32.1 Å². The van der Waals surface area contributed by atoms with Gasteiger partial charge in [-0.3, -0.25) is 9.36 Å². The average Bonchev–Trinajstić information content (AvgIpc) is 2.68. The van der Waals surface area contributed by atoms with Crippen molar-refractivity contribution in [1.29, 1.82) is 0 Å². The van der Waals surface area contributed by atoms with Crippen LogP contribution in [-0.4, -0.2) is 39.9 Å². The first-order valence-electron chi connectivity index (χ1n) is 10.9. The van der Waals surface area contributed by atoms with Gasteiger partial charge in [0.15, 0.2) is 0 Å². The van der Waals surface area contributed by atoms with Crippen LogP contribution in [0.4, 0.5) is 0 Å². The van der Waals surface area contributed by atoms with Crippen molar-refractivity contribution in [2.45, 2.75) is 103 Å². The van der Waals surface area contributed by atoms with Crippen LogP contribution in [0.5, 0.6) is 0 Å². The summed E-state index contributed by atoms with van der Waals surface area (Å²) in [4.78, 5) is 21.2. The zero-order chi connectivity index (χ0) is 21.1. The quantitative estimate of drug-likeness (QED) is 0.144. The number of aliphatic hydroxyl groups is 2. The third kappa shape index (κ3) is 16.4. The van der Waals surface area contributed by atoms with E-state index in [-0.39, 0.29) is 6.42 Å². The molecule has 0 radical (unpaired) electrons. The Morgan fingerprint density at radius 2 is 1.43 bits per heavy atom. The Morgan fingerprint density at radius 1 is 0.929 bits per heavy atom. The number of hydrogen-bond donors (Lipinski definition) is 3. The van der Waals surface area contributed by atoms with Gasteiger partial charge in [0.1, 0.15) is 6.10 Å². The van der Waals surface area contributed by atoms with Crippen LogP contribution in [0.25, 0.3) is 0 Å². The van der Waals surface area contributed by atoms with Gasteiger partial charge in [-0.1, -0.05) is 70.4 Å². The highest BCUT2D eigenvalue weighted by Crippen LogP contribution is 2.44. The lowest BCUT2D eigenvalue weighted by molar-refractivity contribution is -0.114. The molecule has 2 unspecified atom stereocenters. The largest absolute Gasteiger partial charge is 0.394 e. The van der Waals surface area contributed by atoms with Crippen LogP contribution in [-0.2, 0) is 13.9 Å². The lowest BCUT2D eigenvalue weighted by Crippen LogP contribution is -2.19. The van der Waals surface area contributed by atoms with Crippen molar-refractivity contribution in [2.24, 2.45) is 0 Å². The van der Waals surface area contributed by atoms with Gasteiger partial charge in [0, 0.05) is 6.42 Å². The van der Waals surface area contributed by atoms with Gasteiger partial charge >= 0.3 is 7.60 Å². The lowest BCUT2D eigenvalue weighted by atomic mass is 10.1. The molecule has 0 aromatic carbocycles. The summed E-state index contributed by atoms with van der Waals surface area (Å²) in [5.41, 5.74) is -0.824. The van der Waals surface area contributed by atoms with Gasteiger partial charge in [0.25, 0.3) is 0 Å². The second-order valence-corrected chi connectivity index (χ2v) is 9.18. The van der Waals surface area contributed by atoms with E-state index in [0.717, 1.165) is 32.1 Å². The Morgan fingerprint density at radius 3 is 1.96 bits per heavy atom. The highest BCUT2D eigenvalue weighted by atomic mass is 31.2. The van der Waals surface area contributed by atoms with Crippen LogP contribution in [0, 0.1) is 0 Å². The summed E-state index contributed by atoms with van der Waals surface area (Å²) >= 11 is 0. The number of hydrogen-bond acceptors (Lipinski definition) is 5. The SMILES string of the molecule is CCCCCCCC/C=C\CCCCCCCC(=O)P(=O)(O)OCC(O)CO. The molecule has 7 heteroatoms. The van der Waals surface area contributed by atoms with E-state index in [9.17, 15) is 14.3 Å². The summed E-state index contributed by atoms with van der Waals surface area (Å²) in [5, 5.41) is 17.7. The van der Waals surface area contributed by atoms with Crippen LogP contribution in [0.15, 0.2) is 12.2 Å². The van der Waals surface area contributed by atoms with Crippen molar-refractivity contribution in [1.82, 2.24) is 0 Å². The normalized spacial score (nSPS) is 15.0. The number of unbranched alkanes of at least 4 members (excludes halogenated alkanes) is 11. The van der Waals surface area contributed by atoms with Gasteiger partial charge in [0.05, 0.1) is 13.2 Å². The standard InChI is InChI=1S/C21H41O6P/c1-2-3-4-5-6-7-8-9-10-11-12-13-14-15-16-17-21(24)28(25,26)27-19-20(23)18-22/h9-10,20,22-23H,2-8,11-19H2,1H3,(H,25,26)/b10-9-. The summed E-state index contributed by atoms with van der Waals surface area (Å²) in [6, 6.07) is 0. The third-order valence-electron chi connectivity index (χ3n) is 4.62. The molecule has 0 aromatic rings. The van der Waals surface area contributed by atoms with Crippen molar-refractivity contribution in [2.75, 3.05) is 13.2 Å². The van der Waals surface area contributed by atoms with Gasteiger partial charge in [-0.25, -0.2) is 0 Å². The Labute approximate surface area is 170 Å². The molecule has 0 aliphatic rings. The summed E-state index contributed by atoms with van der Waals surface area (Å²) in [5.74, 6) is 0. The molecule has 0 aliphatic carbocycles. The molecule has 6 nitrogen and oxygen atoms in total. The molecular formula is C21H41O6P. The van der Waals surface area contributed by atoms with Crippen LogP contribution in [0.1, 0.15) is 96.8 Å². The molecule has 0 amide bonds. The Balaban J connectivity index is 3.52. The van der Waals surface area contributed by atoms with Gasteiger partial charge in [0.2, 0.25) is 5.52 Å². The fourth-order valence-corrected chi connectivity index (χ4v) is 3.76. The lowest BCUT2D eigenvalue weighted by Gasteiger charge is -2.13. The maximum atomic E-state index is 11.7. The van der Waals surface area contributed by atoms with Gasteiger partial charge < -0.3 is 19.6 Å². The molecule has 2 atom stereocenters. The molecular weight excluding hydrogens is 379 g/mol. The number of carbonyl (C=O) groups is 1. The Bertz CT molecular complexity index is 452. The van der Waals surface area contributed by atoms with Crippen LogP contribution in [0.3, 0.4) is 0 Å². The highest BCUT2D eigenvalue weighted by molar-refractivity contribution is 7.70. The fraction of sp³-hybridized carbons (Fsp3) is 0.857. The van der Waals surface area contributed by atoms with E-state index < -0.39 is 32.4 Å². The average molecular weight is 421 g/mol. The second kappa shape index (κ2) is 18.5. The topological polar surface area (TPSA) is 104 Å². The molecule has 0 spiro atoms. The minimum Gasteiger partial charge on any atom is -0.394 e. The monoisotopic (exact) mass is 420 g/mol. The van der Waals surface area contributed by atoms with E-state index in [0.29, 0.717) is 6.42 Å². The number of carbonyl (C=O) groups excluding carboxylic acids is 1. The number of rotatable bonds is 20.